The van der Waals surface area contributed by atoms with Crippen LogP contribution in [0.25, 0.3) is 0 Å². The van der Waals surface area contributed by atoms with Crippen LogP contribution in [0.4, 0.5) is 0 Å². The van der Waals surface area contributed by atoms with Crippen LogP contribution in [0.15, 0.2) is 11.7 Å². The highest BCUT2D eigenvalue weighted by Crippen LogP contribution is 2.24. The number of piperidine rings is 1. The van der Waals surface area contributed by atoms with Crippen molar-refractivity contribution in [2.45, 2.75) is 25.8 Å². The number of carbonyl (C=O) groups excluding carboxylic acids is 1. The Balaban J connectivity index is 2.15. The number of nitrogens with zero attached hydrogens (tertiary/aromatic N) is 2. The number of amides is 1. The smallest absolute Gasteiger partial charge is 0.265 e. The highest BCUT2D eigenvalue weighted by molar-refractivity contribution is 7.11. The number of carbonyl (C=O) groups is 1. The maximum atomic E-state index is 12.2. The molecule has 0 aromatic carbocycles. The third-order valence-electron chi connectivity index (χ3n) is 3.26. The lowest BCUT2D eigenvalue weighted by molar-refractivity contribution is 0.0537. The molecule has 0 spiro atoms. The minimum absolute atomic E-state index is 0.0875. The predicted octanol–water partition coefficient (Wildman–Crippen LogP) is 1.34. The third-order valence-corrected chi connectivity index (χ3v) is 4.02. The van der Waals surface area contributed by atoms with Crippen LogP contribution < -0.4 is 5.73 Å². The fraction of sp³-hybridized carbons (Fsp3) is 0.636. The SMILES string of the molecule is CC1CCCN(C(=O)c2cncs2)C1CN. The molecule has 16 heavy (non-hydrogen) atoms. The molecule has 1 fully saturated rings. The Morgan fingerprint density at radius 1 is 1.75 bits per heavy atom. The van der Waals surface area contributed by atoms with Crippen LogP contribution in [0.5, 0.6) is 0 Å². The molecular weight excluding hydrogens is 222 g/mol. The fourth-order valence-electron chi connectivity index (χ4n) is 2.32. The zero-order valence-corrected chi connectivity index (χ0v) is 10.2. The van der Waals surface area contributed by atoms with Gasteiger partial charge in [0, 0.05) is 19.1 Å². The fourth-order valence-corrected chi connectivity index (χ4v) is 2.90. The number of likely N-dealkylation sites (tertiary alicyclic amines) is 1. The Kier molecular flexibility index (Phi) is 3.56. The number of nitrogens with two attached hydrogens (primary N) is 1. The molecule has 0 radical (unpaired) electrons. The van der Waals surface area contributed by atoms with E-state index in [9.17, 15) is 4.79 Å². The van der Waals surface area contributed by atoms with Crippen LogP contribution in [0.3, 0.4) is 0 Å². The molecule has 5 heteroatoms. The van der Waals surface area contributed by atoms with Crippen molar-refractivity contribution in [1.29, 1.82) is 0 Å². The second kappa shape index (κ2) is 4.93. The molecule has 2 unspecified atom stereocenters. The van der Waals surface area contributed by atoms with Gasteiger partial charge in [-0.25, -0.2) is 0 Å². The van der Waals surface area contributed by atoms with Crippen LogP contribution in [0.1, 0.15) is 29.4 Å². The molecule has 1 amide bonds. The van der Waals surface area contributed by atoms with Crippen molar-refractivity contribution in [2.75, 3.05) is 13.1 Å². The predicted molar refractivity (Wildman–Crippen MR) is 64.4 cm³/mol. The minimum atomic E-state index is 0.0875. The van der Waals surface area contributed by atoms with Crippen LogP contribution in [-0.4, -0.2) is 34.9 Å². The molecule has 1 aromatic heterocycles. The van der Waals surface area contributed by atoms with Gasteiger partial charge < -0.3 is 10.6 Å². The van der Waals surface area contributed by atoms with Gasteiger partial charge in [-0.3, -0.25) is 9.78 Å². The summed E-state index contributed by atoms with van der Waals surface area (Å²) in [6.45, 7) is 3.54. The van der Waals surface area contributed by atoms with Crippen LogP contribution in [0.2, 0.25) is 0 Å². The quantitative estimate of drug-likeness (QED) is 0.847. The summed E-state index contributed by atoms with van der Waals surface area (Å²) in [5.41, 5.74) is 7.46. The number of hydrogen-bond acceptors (Lipinski definition) is 4. The van der Waals surface area contributed by atoms with Crippen LogP contribution >= 0.6 is 11.3 Å². The number of hydrogen-bond donors (Lipinski definition) is 1. The number of rotatable bonds is 2. The molecule has 0 bridgehead atoms. The normalized spacial score (nSPS) is 25.8. The van der Waals surface area contributed by atoms with Gasteiger partial charge in [-0.1, -0.05) is 6.92 Å². The van der Waals surface area contributed by atoms with Gasteiger partial charge in [0.15, 0.2) is 0 Å². The van der Waals surface area contributed by atoms with Gasteiger partial charge in [0.1, 0.15) is 4.88 Å². The maximum Gasteiger partial charge on any atom is 0.265 e. The highest BCUT2D eigenvalue weighted by Gasteiger charge is 2.31. The molecule has 1 aliphatic rings. The van der Waals surface area contributed by atoms with Gasteiger partial charge in [0.05, 0.1) is 11.7 Å². The van der Waals surface area contributed by atoms with E-state index >= 15 is 0 Å². The molecule has 1 saturated heterocycles. The second-order valence-electron chi connectivity index (χ2n) is 4.29. The largest absolute Gasteiger partial charge is 0.333 e. The van der Waals surface area contributed by atoms with Gasteiger partial charge in [0.25, 0.3) is 5.91 Å². The first-order valence-corrected chi connectivity index (χ1v) is 6.51. The Morgan fingerprint density at radius 3 is 3.19 bits per heavy atom. The standard InChI is InChI=1S/C11H17N3OS/c1-8-3-2-4-14(9(8)5-12)11(15)10-6-13-7-16-10/h6-9H,2-5,12H2,1H3. The molecule has 4 nitrogen and oxygen atoms in total. The van der Waals surface area contributed by atoms with Crippen LogP contribution in [0, 0.1) is 5.92 Å². The summed E-state index contributed by atoms with van der Waals surface area (Å²) >= 11 is 1.40. The van der Waals surface area contributed by atoms with E-state index < -0.39 is 0 Å². The van der Waals surface area contributed by atoms with E-state index in [1.54, 1.807) is 11.7 Å². The molecule has 1 aromatic rings. The molecule has 2 atom stereocenters. The van der Waals surface area contributed by atoms with E-state index in [4.69, 9.17) is 5.73 Å². The van der Waals surface area contributed by atoms with Crippen molar-refractivity contribution < 1.29 is 4.79 Å². The van der Waals surface area contributed by atoms with E-state index in [0.717, 1.165) is 19.4 Å². The van der Waals surface area contributed by atoms with Crippen molar-refractivity contribution in [1.82, 2.24) is 9.88 Å². The summed E-state index contributed by atoms with van der Waals surface area (Å²) < 4.78 is 0. The van der Waals surface area contributed by atoms with E-state index in [1.807, 2.05) is 4.90 Å². The average Bonchev–Trinajstić information content (AvgIpc) is 2.81. The Labute approximate surface area is 99.5 Å². The first kappa shape index (κ1) is 11.5. The van der Waals surface area contributed by atoms with Gasteiger partial charge >= 0.3 is 0 Å². The Bertz CT molecular complexity index is 352. The molecule has 1 aliphatic heterocycles. The molecule has 2 heterocycles. The molecule has 88 valence electrons. The zero-order valence-electron chi connectivity index (χ0n) is 9.43. The van der Waals surface area contributed by atoms with E-state index in [-0.39, 0.29) is 11.9 Å². The molecular formula is C11H17N3OS. The zero-order chi connectivity index (χ0) is 11.5. The summed E-state index contributed by atoms with van der Waals surface area (Å²) in [5.74, 6) is 0.583. The second-order valence-corrected chi connectivity index (χ2v) is 5.17. The third kappa shape index (κ3) is 2.10. The van der Waals surface area contributed by atoms with Crippen LogP contribution in [-0.2, 0) is 0 Å². The minimum Gasteiger partial charge on any atom is -0.333 e. The topological polar surface area (TPSA) is 59.2 Å². The van der Waals surface area contributed by atoms with Gasteiger partial charge in [0.2, 0.25) is 0 Å². The summed E-state index contributed by atoms with van der Waals surface area (Å²) in [6, 6.07) is 0.184. The summed E-state index contributed by atoms with van der Waals surface area (Å²) in [4.78, 5) is 18.8. The van der Waals surface area contributed by atoms with Crippen molar-refractivity contribution in [2.24, 2.45) is 11.7 Å². The summed E-state index contributed by atoms with van der Waals surface area (Å²) in [6.07, 6.45) is 3.87. The van der Waals surface area contributed by atoms with E-state index in [0.29, 0.717) is 17.3 Å². The lowest BCUT2D eigenvalue weighted by Crippen LogP contribution is -2.51. The lowest BCUT2D eigenvalue weighted by Gasteiger charge is -2.39. The first-order valence-electron chi connectivity index (χ1n) is 5.63. The molecule has 0 saturated carbocycles. The number of aromatic nitrogens is 1. The molecule has 2 rings (SSSR count). The lowest BCUT2D eigenvalue weighted by atomic mass is 9.90. The van der Waals surface area contributed by atoms with Crippen molar-refractivity contribution in [3.8, 4) is 0 Å². The van der Waals surface area contributed by atoms with Crippen molar-refractivity contribution in [3.05, 3.63) is 16.6 Å². The van der Waals surface area contributed by atoms with Gasteiger partial charge in [-0.05, 0) is 18.8 Å². The molecule has 2 N–H and O–H groups in total. The molecule has 0 aliphatic carbocycles. The summed E-state index contributed by atoms with van der Waals surface area (Å²) in [7, 11) is 0. The Hall–Kier alpha value is -0.940. The average molecular weight is 239 g/mol. The Morgan fingerprint density at radius 2 is 2.56 bits per heavy atom. The van der Waals surface area contributed by atoms with Gasteiger partial charge in [-0.15, -0.1) is 11.3 Å². The monoisotopic (exact) mass is 239 g/mol. The highest BCUT2D eigenvalue weighted by atomic mass is 32.1. The van der Waals surface area contributed by atoms with Crippen molar-refractivity contribution in [3.63, 3.8) is 0 Å². The van der Waals surface area contributed by atoms with Crippen molar-refractivity contribution >= 4 is 17.2 Å². The van der Waals surface area contributed by atoms with Gasteiger partial charge in [-0.2, -0.15) is 0 Å². The first-order chi connectivity index (χ1) is 7.74. The number of thiazole rings is 1. The summed E-state index contributed by atoms with van der Waals surface area (Å²) in [5, 5.41) is 0. The van der Waals surface area contributed by atoms with E-state index in [2.05, 4.69) is 11.9 Å². The van der Waals surface area contributed by atoms with E-state index in [1.165, 1.54) is 11.3 Å². The maximum absolute atomic E-state index is 12.2.